The van der Waals surface area contributed by atoms with Gasteiger partial charge in [0.05, 0.1) is 16.6 Å². The molecule has 0 spiro atoms. The van der Waals surface area contributed by atoms with Crippen LogP contribution in [0.5, 0.6) is 0 Å². The molecule has 0 bridgehead atoms. The topological polar surface area (TPSA) is 87.2 Å². The monoisotopic (exact) mass is 395 g/mol. The Labute approximate surface area is 168 Å². The largest absolute Gasteiger partial charge is 0.339 e. The number of hydrogen-bond donors (Lipinski definition) is 0. The van der Waals surface area contributed by atoms with Gasteiger partial charge in [-0.1, -0.05) is 18.2 Å². The zero-order chi connectivity index (χ0) is 20.1. The number of nitrogens with zero attached hydrogens (tertiary/aromatic N) is 3. The zero-order valence-electron chi connectivity index (χ0n) is 15.6. The first kappa shape index (κ1) is 19.9. The number of nitro benzene ring substituents is 1. The Morgan fingerprint density at radius 2 is 1.93 bits per heavy atom. The summed E-state index contributed by atoms with van der Waals surface area (Å²) in [4.78, 5) is 25.5. The van der Waals surface area contributed by atoms with E-state index in [1.807, 2.05) is 30.5 Å². The molecule has 1 heterocycles. The number of carbonyl (C=O) groups is 1. The predicted molar refractivity (Wildman–Crippen MR) is 109 cm³/mol. The minimum Gasteiger partial charge on any atom is -0.339 e. The smallest absolute Gasteiger partial charge is 0.274 e. The molecule has 1 aliphatic heterocycles. The molecule has 0 aromatic heterocycles. The van der Waals surface area contributed by atoms with Crippen molar-refractivity contribution in [1.82, 2.24) is 4.90 Å². The van der Waals surface area contributed by atoms with Gasteiger partial charge in [-0.05, 0) is 48.8 Å². The van der Waals surface area contributed by atoms with Gasteiger partial charge in [0.15, 0.2) is 0 Å². The summed E-state index contributed by atoms with van der Waals surface area (Å²) in [6.45, 7) is 1.23. The Morgan fingerprint density at radius 3 is 2.50 bits per heavy atom. The number of piperidine rings is 1. The molecule has 0 radical (unpaired) electrons. The summed E-state index contributed by atoms with van der Waals surface area (Å²) in [5.74, 6) is 0.744. The van der Waals surface area contributed by atoms with Crippen molar-refractivity contribution in [2.24, 2.45) is 0 Å². The van der Waals surface area contributed by atoms with Crippen molar-refractivity contribution in [2.75, 3.05) is 19.3 Å². The number of benzene rings is 2. The lowest BCUT2D eigenvalue weighted by molar-refractivity contribution is -0.385. The van der Waals surface area contributed by atoms with Crippen LogP contribution < -0.4 is 0 Å². The highest BCUT2D eigenvalue weighted by Gasteiger charge is 2.26. The third kappa shape index (κ3) is 4.34. The lowest BCUT2D eigenvalue weighted by atomic mass is 9.89. The van der Waals surface area contributed by atoms with Gasteiger partial charge in [0.1, 0.15) is 0 Å². The molecule has 0 saturated carbocycles. The first-order valence-electron chi connectivity index (χ1n) is 9.09. The second kappa shape index (κ2) is 8.89. The van der Waals surface area contributed by atoms with E-state index in [0.717, 1.165) is 12.8 Å². The Balaban J connectivity index is 1.68. The highest BCUT2D eigenvalue weighted by Crippen LogP contribution is 2.30. The van der Waals surface area contributed by atoms with Gasteiger partial charge >= 0.3 is 0 Å². The summed E-state index contributed by atoms with van der Waals surface area (Å²) >= 11 is 1.51. The van der Waals surface area contributed by atoms with Crippen molar-refractivity contribution in [3.8, 4) is 6.07 Å². The predicted octanol–water partition coefficient (Wildman–Crippen LogP) is 4.35. The van der Waals surface area contributed by atoms with Crippen LogP contribution in [0.2, 0.25) is 0 Å². The number of carbonyl (C=O) groups excluding carboxylic acids is 1. The number of rotatable bonds is 5. The van der Waals surface area contributed by atoms with E-state index in [1.54, 1.807) is 17.0 Å². The van der Waals surface area contributed by atoms with Crippen molar-refractivity contribution in [3.05, 3.63) is 74.8 Å². The molecular weight excluding hydrogens is 374 g/mol. The Kier molecular flexibility index (Phi) is 6.32. The summed E-state index contributed by atoms with van der Waals surface area (Å²) in [5, 5.41) is 20.3. The molecule has 1 fully saturated rings. The van der Waals surface area contributed by atoms with Crippen LogP contribution in [0.3, 0.4) is 0 Å². The average Bonchev–Trinajstić information content (AvgIpc) is 2.74. The van der Waals surface area contributed by atoms with Crippen LogP contribution >= 0.6 is 11.8 Å². The van der Waals surface area contributed by atoms with Crippen molar-refractivity contribution < 1.29 is 9.72 Å². The molecule has 1 saturated heterocycles. The van der Waals surface area contributed by atoms with Gasteiger partial charge in [0, 0.05) is 36.0 Å². The normalized spacial score (nSPS) is 14.5. The van der Waals surface area contributed by atoms with E-state index >= 15 is 0 Å². The molecule has 144 valence electrons. The van der Waals surface area contributed by atoms with E-state index in [2.05, 4.69) is 6.07 Å². The molecule has 2 aromatic rings. The van der Waals surface area contributed by atoms with E-state index in [1.165, 1.54) is 23.4 Å². The van der Waals surface area contributed by atoms with Crippen molar-refractivity contribution in [1.29, 1.82) is 5.26 Å². The second-order valence-corrected chi connectivity index (χ2v) is 7.70. The van der Waals surface area contributed by atoms with Crippen molar-refractivity contribution >= 4 is 23.4 Å². The van der Waals surface area contributed by atoms with E-state index in [-0.39, 0.29) is 11.6 Å². The van der Waals surface area contributed by atoms with E-state index in [0.29, 0.717) is 41.5 Å². The van der Waals surface area contributed by atoms with Crippen molar-refractivity contribution in [2.45, 2.75) is 24.5 Å². The van der Waals surface area contributed by atoms with Gasteiger partial charge in [0.25, 0.3) is 11.6 Å². The Bertz CT molecular complexity index is 913. The fraction of sp³-hybridized carbons (Fsp3) is 0.333. The average molecular weight is 395 g/mol. The number of nitriles is 1. The maximum absolute atomic E-state index is 12.8. The molecular formula is C21H21N3O3S. The Hall–Kier alpha value is -2.85. The molecule has 7 heteroatoms. The fourth-order valence-corrected chi connectivity index (χ4v) is 4.13. The molecule has 0 unspecified atom stereocenters. The van der Waals surface area contributed by atoms with Crippen LogP contribution in [0.25, 0.3) is 0 Å². The van der Waals surface area contributed by atoms with Crippen LogP contribution in [0.1, 0.15) is 45.8 Å². The van der Waals surface area contributed by atoms with Crippen LogP contribution in [0.15, 0.2) is 42.5 Å². The molecule has 3 rings (SSSR count). The van der Waals surface area contributed by atoms with Gasteiger partial charge in [-0.3, -0.25) is 14.9 Å². The van der Waals surface area contributed by atoms with Gasteiger partial charge < -0.3 is 4.90 Å². The molecule has 0 aliphatic carbocycles. The van der Waals surface area contributed by atoms with Crippen LogP contribution in [0.4, 0.5) is 5.69 Å². The highest BCUT2D eigenvalue weighted by atomic mass is 32.2. The van der Waals surface area contributed by atoms with Crippen molar-refractivity contribution in [3.63, 3.8) is 0 Å². The molecule has 1 amide bonds. The standard InChI is InChI=1S/C21H21N3O3S/c1-28-14-19-7-6-18(12-20(19)24(26)27)21(25)23-10-8-17(9-11-23)16-4-2-15(13-22)3-5-16/h2-7,12,17H,8-11,14H2,1H3. The molecule has 1 aliphatic rings. The zero-order valence-corrected chi connectivity index (χ0v) is 16.4. The minimum absolute atomic E-state index is 0.00710. The fourth-order valence-electron chi connectivity index (χ4n) is 3.57. The summed E-state index contributed by atoms with van der Waals surface area (Å²) < 4.78 is 0. The molecule has 2 aromatic carbocycles. The first-order valence-corrected chi connectivity index (χ1v) is 10.5. The van der Waals surface area contributed by atoms with Crippen LogP contribution in [0, 0.1) is 21.4 Å². The summed E-state index contributed by atoms with van der Waals surface area (Å²) in [6.07, 6.45) is 3.56. The van der Waals surface area contributed by atoms with Crippen LogP contribution in [-0.2, 0) is 5.75 Å². The number of thioether (sulfide) groups is 1. The maximum Gasteiger partial charge on any atom is 0.274 e. The maximum atomic E-state index is 12.8. The lowest BCUT2D eigenvalue weighted by Crippen LogP contribution is -2.38. The SMILES string of the molecule is CSCc1ccc(C(=O)N2CCC(c3ccc(C#N)cc3)CC2)cc1[N+](=O)[O-]. The summed E-state index contributed by atoms with van der Waals surface area (Å²) in [6, 6.07) is 14.5. The van der Waals surface area contributed by atoms with Gasteiger partial charge in [-0.2, -0.15) is 17.0 Å². The number of nitro groups is 1. The quantitative estimate of drug-likeness (QED) is 0.555. The van der Waals surface area contributed by atoms with E-state index in [9.17, 15) is 14.9 Å². The second-order valence-electron chi connectivity index (χ2n) is 6.83. The number of likely N-dealkylation sites (tertiary alicyclic amines) is 1. The highest BCUT2D eigenvalue weighted by molar-refractivity contribution is 7.97. The first-order chi connectivity index (χ1) is 13.5. The molecule has 28 heavy (non-hydrogen) atoms. The molecule has 6 nitrogen and oxygen atoms in total. The van der Waals surface area contributed by atoms with Gasteiger partial charge in [-0.25, -0.2) is 0 Å². The Morgan fingerprint density at radius 1 is 1.25 bits per heavy atom. The third-order valence-corrected chi connectivity index (χ3v) is 5.72. The third-order valence-electron chi connectivity index (χ3n) is 5.12. The van der Waals surface area contributed by atoms with E-state index in [4.69, 9.17) is 5.26 Å². The van der Waals surface area contributed by atoms with Gasteiger partial charge in [-0.15, -0.1) is 0 Å². The minimum atomic E-state index is -0.417. The van der Waals surface area contributed by atoms with Gasteiger partial charge in [0.2, 0.25) is 0 Å². The molecule has 0 atom stereocenters. The summed E-state index contributed by atoms with van der Waals surface area (Å²) in [7, 11) is 0. The van der Waals surface area contributed by atoms with E-state index < -0.39 is 4.92 Å². The number of amides is 1. The van der Waals surface area contributed by atoms with Crippen LogP contribution in [-0.4, -0.2) is 35.1 Å². The lowest BCUT2D eigenvalue weighted by Gasteiger charge is -2.32. The number of hydrogen-bond acceptors (Lipinski definition) is 5. The molecule has 0 N–H and O–H groups in total. The summed E-state index contributed by atoms with van der Waals surface area (Å²) in [5.41, 5.74) is 2.83.